The Morgan fingerprint density at radius 3 is 2.81 bits per heavy atom. The van der Waals surface area contributed by atoms with Crippen LogP contribution in [0, 0.1) is 5.41 Å². The van der Waals surface area contributed by atoms with Crippen LogP contribution in [0.25, 0.3) is 0 Å². The molecule has 0 aliphatic rings. The molecule has 0 saturated heterocycles. The summed E-state index contributed by atoms with van der Waals surface area (Å²) in [5, 5.41) is 5.30. The van der Waals surface area contributed by atoms with Crippen LogP contribution in [0.3, 0.4) is 0 Å². The molecular weight excluding hydrogens is 290 g/mol. The molecule has 0 aliphatic carbocycles. The van der Waals surface area contributed by atoms with Crippen LogP contribution in [0.4, 0.5) is 0 Å². The number of carbonyl (C=O) groups excluding carboxylic acids is 1. The van der Waals surface area contributed by atoms with E-state index in [1.54, 1.807) is 11.3 Å². The van der Waals surface area contributed by atoms with Gasteiger partial charge in [0.25, 0.3) is 0 Å². The number of hydrogen-bond donors (Lipinski definition) is 1. The van der Waals surface area contributed by atoms with Gasteiger partial charge in [-0.3, -0.25) is 4.79 Å². The summed E-state index contributed by atoms with van der Waals surface area (Å²) in [5.74, 6) is -0.188. The van der Waals surface area contributed by atoms with Crippen molar-refractivity contribution >= 4 is 33.2 Å². The summed E-state index contributed by atoms with van der Waals surface area (Å²) in [6.45, 7) is 5.12. The van der Waals surface area contributed by atoms with Crippen LogP contribution in [0.2, 0.25) is 0 Å². The summed E-state index contributed by atoms with van der Waals surface area (Å²) >= 11 is 5.10. The third-order valence-electron chi connectivity index (χ3n) is 2.23. The number of hydrogen-bond acceptors (Lipinski definition) is 4. The lowest BCUT2D eigenvalue weighted by Gasteiger charge is -2.21. The Balaban J connectivity index is 2.38. The highest BCUT2D eigenvalue weighted by Gasteiger charge is 2.27. The number of nitrogens with one attached hydrogen (secondary N) is 1. The highest BCUT2D eigenvalue weighted by molar-refractivity contribution is 9.10. The molecule has 90 valence electrons. The largest absolute Gasteiger partial charge is 0.469 e. The van der Waals surface area contributed by atoms with E-state index in [4.69, 9.17) is 4.74 Å². The summed E-state index contributed by atoms with van der Waals surface area (Å²) in [7, 11) is 1.42. The van der Waals surface area contributed by atoms with Gasteiger partial charge in [-0.25, -0.2) is 0 Å². The van der Waals surface area contributed by atoms with Gasteiger partial charge in [-0.05, 0) is 35.8 Å². The summed E-state index contributed by atoms with van der Waals surface area (Å²) in [4.78, 5) is 12.7. The number of methoxy groups -OCH3 is 1. The molecule has 1 aromatic heterocycles. The summed E-state index contributed by atoms with van der Waals surface area (Å²) in [5.41, 5.74) is -0.483. The van der Waals surface area contributed by atoms with E-state index in [-0.39, 0.29) is 5.97 Å². The van der Waals surface area contributed by atoms with Gasteiger partial charge in [-0.2, -0.15) is 0 Å². The third kappa shape index (κ3) is 3.88. The van der Waals surface area contributed by atoms with E-state index in [1.807, 2.05) is 19.2 Å². The Kier molecular flexibility index (Phi) is 4.95. The minimum atomic E-state index is -0.483. The molecule has 1 N–H and O–H groups in total. The van der Waals surface area contributed by atoms with E-state index in [1.165, 1.54) is 12.0 Å². The molecule has 0 aliphatic heterocycles. The standard InChI is InChI=1S/C11H16BrNO2S/c1-11(2,10(14)15-3)7-13-5-9-4-8(12)6-16-9/h4,6,13H,5,7H2,1-3H3. The minimum absolute atomic E-state index is 0.188. The first-order valence-electron chi connectivity index (χ1n) is 4.98. The van der Waals surface area contributed by atoms with Crippen molar-refractivity contribution in [2.24, 2.45) is 5.41 Å². The van der Waals surface area contributed by atoms with Crippen molar-refractivity contribution in [3.05, 3.63) is 20.8 Å². The molecule has 0 radical (unpaired) electrons. The molecule has 0 saturated carbocycles. The molecule has 16 heavy (non-hydrogen) atoms. The maximum Gasteiger partial charge on any atom is 0.312 e. The maximum atomic E-state index is 11.4. The van der Waals surface area contributed by atoms with Crippen molar-refractivity contribution in [2.45, 2.75) is 20.4 Å². The first-order chi connectivity index (χ1) is 7.45. The Morgan fingerprint density at radius 1 is 1.62 bits per heavy atom. The Bertz CT molecular complexity index is 363. The lowest BCUT2D eigenvalue weighted by Crippen LogP contribution is -2.36. The van der Waals surface area contributed by atoms with Crippen LogP contribution in [0.15, 0.2) is 15.9 Å². The van der Waals surface area contributed by atoms with Crippen LogP contribution in [0.1, 0.15) is 18.7 Å². The average molecular weight is 306 g/mol. The number of esters is 1. The van der Waals surface area contributed by atoms with E-state index in [9.17, 15) is 4.79 Å². The number of ether oxygens (including phenoxy) is 1. The van der Waals surface area contributed by atoms with Crippen LogP contribution in [-0.4, -0.2) is 19.6 Å². The zero-order valence-corrected chi connectivity index (χ0v) is 12.1. The highest BCUT2D eigenvalue weighted by Crippen LogP contribution is 2.20. The smallest absolute Gasteiger partial charge is 0.312 e. The Hall–Kier alpha value is -0.390. The van der Waals surface area contributed by atoms with Crippen LogP contribution in [-0.2, 0) is 16.1 Å². The fourth-order valence-electron chi connectivity index (χ4n) is 1.29. The van der Waals surface area contributed by atoms with Gasteiger partial charge in [0.15, 0.2) is 0 Å². The second-order valence-corrected chi connectivity index (χ2v) is 6.12. The second-order valence-electron chi connectivity index (χ2n) is 4.21. The second kappa shape index (κ2) is 5.80. The van der Waals surface area contributed by atoms with Crippen LogP contribution in [0.5, 0.6) is 0 Å². The third-order valence-corrected chi connectivity index (χ3v) is 3.92. The van der Waals surface area contributed by atoms with E-state index < -0.39 is 5.41 Å². The monoisotopic (exact) mass is 305 g/mol. The van der Waals surface area contributed by atoms with Gasteiger partial charge in [0.05, 0.1) is 12.5 Å². The maximum absolute atomic E-state index is 11.4. The molecule has 3 nitrogen and oxygen atoms in total. The fourth-order valence-corrected chi connectivity index (χ4v) is 2.71. The molecule has 0 atom stereocenters. The Labute approximate surface area is 108 Å². The van der Waals surface area contributed by atoms with Gasteiger partial charge in [0.2, 0.25) is 0 Å². The van der Waals surface area contributed by atoms with Crippen molar-refractivity contribution < 1.29 is 9.53 Å². The topological polar surface area (TPSA) is 38.3 Å². The van der Waals surface area contributed by atoms with Gasteiger partial charge in [0, 0.05) is 27.8 Å². The number of carbonyl (C=O) groups is 1. The van der Waals surface area contributed by atoms with E-state index in [0.29, 0.717) is 6.54 Å². The van der Waals surface area contributed by atoms with Gasteiger partial charge in [0.1, 0.15) is 0 Å². The highest BCUT2D eigenvalue weighted by atomic mass is 79.9. The zero-order chi connectivity index (χ0) is 12.2. The molecule has 1 heterocycles. The van der Waals surface area contributed by atoms with Gasteiger partial charge in [-0.15, -0.1) is 11.3 Å². The first-order valence-corrected chi connectivity index (χ1v) is 6.65. The van der Waals surface area contributed by atoms with E-state index >= 15 is 0 Å². The van der Waals surface area contributed by atoms with Gasteiger partial charge < -0.3 is 10.1 Å². The van der Waals surface area contributed by atoms with Gasteiger partial charge >= 0.3 is 5.97 Å². The summed E-state index contributed by atoms with van der Waals surface area (Å²) in [6.07, 6.45) is 0. The van der Waals surface area contributed by atoms with Crippen molar-refractivity contribution in [2.75, 3.05) is 13.7 Å². The molecule has 0 fully saturated rings. The zero-order valence-electron chi connectivity index (χ0n) is 9.67. The molecule has 0 amide bonds. The minimum Gasteiger partial charge on any atom is -0.469 e. The fraction of sp³-hybridized carbons (Fsp3) is 0.545. The van der Waals surface area contributed by atoms with Crippen LogP contribution < -0.4 is 5.32 Å². The average Bonchev–Trinajstić information content (AvgIpc) is 2.62. The number of thiophene rings is 1. The van der Waals surface area contributed by atoms with Gasteiger partial charge in [-0.1, -0.05) is 0 Å². The summed E-state index contributed by atoms with van der Waals surface area (Å²) in [6, 6.07) is 2.07. The normalized spacial score (nSPS) is 11.5. The molecule has 5 heteroatoms. The Morgan fingerprint density at radius 2 is 2.31 bits per heavy atom. The molecule has 0 bridgehead atoms. The predicted octanol–water partition coefficient (Wildman–Crippen LogP) is 2.80. The van der Waals surface area contributed by atoms with E-state index in [2.05, 4.69) is 27.3 Å². The predicted molar refractivity (Wildman–Crippen MR) is 69.5 cm³/mol. The van der Waals surface area contributed by atoms with Crippen molar-refractivity contribution in [3.8, 4) is 0 Å². The summed E-state index contributed by atoms with van der Waals surface area (Å²) < 4.78 is 5.84. The molecule has 1 aromatic rings. The quantitative estimate of drug-likeness (QED) is 0.850. The first kappa shape index (κ1) is 13.7. The molecule has 0 spiro atoms. The van der Waals surface area contributed by atoms with Crippen molar-refractivity contribution in [1.82, 2.24) is 5.32 Å². The molecule has 0 unspecified atom stereocenters. The SMILES string of the molecule is COC(=O)C(C)(C)CNCc1cc(Br)cs1. The lowest BCUT2D eigenvalue weighted by atomic mass is 9.94. The number of rotatable bonds is 5. The number of halogens is 1. The van der Waals surface area contributed by atoms with Crippen molar-refractivity contribution in [1.29, 1.82) is 0 Å². The molecule has 1 rings (SSSR count). The molecular formula is C11H16BrNO2S. The van der Waals surface area contributed by atoms with Crippen molar-refractivity contribution in [3.63, 3.8) is 0 Å². The van der Waals surface area contributed by atoms with Crippen LogP contribution >= 0.6 is 27.3 Å². The molecule has 0 aromatic carbocycles. The lowest BCUT2D eigenvalue weighted by molar-refractivity contribution is -0.150. The van der Waals surface area contributed by atoms with E-state index in [0.717, 1.165) is 11.0 Å².